The molecule has 0 fully saturated rings. The van der Waals surface area contributed by atoms with E-state index in [9.17, 15) is 4.21 Å². The van der Waals surface area contributed by atoms with Crippen LogP contribution in [0.4, 0.5) is 0 Å². The van der Waals surface area contributed by atoms with Crippen LogP contribution in [0.5, 0.6) is 0 Å². The van der Waals surface area contributed by atoms with Crippen molar-refractivity contribution < 1.29 is 13.1 Å². The lowest BCUT2D eigenvalue weighted by atomic mass is 10.1. The first kappa shape index (κ1) is 21.0. The predicted molar refractivity (Wildman–Crippen MR) is 94.9 cm³/mol. The zero-order valence-electron chi connectivity index (χ0n) is 14.1. The third-order valence-corrected chi connectivity index (χ3v) is 5.00. The number of allylic oxidation sites excluding steroid dienone is 2. The highest BCUT2D eigenvalue weighted by molar-refractivity contribution is 9.12. The van der Waals surface area contributed by atoms with Gasteiger partial charge in [0.1, 0.15) is 0 Å². The first-order valence-electron chi connectivity index (χ1n) is 7.26. The predicted octanol–water partition coefficient (Wildman–Crippen LogP) is 4.75. The van der Waals surface area contributed by atoms with Gasteiger partial charge in [0.25, 0.3) is 0 Å². The summed E-state index contributed by atoms with van der Waals surface area (Å²) in [7, 11) is 0. The van der Waals surface area contributed by atoms with Crippen LogP contribution in [0, 0.1) is 5.92 Å². The van der Waals surface area contributed by atoms with E-state index in [0.29, 0.717) is 12.5 Å². The number of hydrogen-bond acceptors (Lipinski definition) is 3. The molecule has 0 aliphatic heterocycles. The summed E-state index contributed by atoms with van der Waals surface area (Å²) in [5.74, 6) is 0.375. The minimum absolute atomic E-state index is 0.0102. The molecule has 3 nitrogen and oxygen atoms in total. The highest BCUT2D eigenvalue weighted by Gasteiger charge is 2.13. The van der Waals surface area contributed by atoms with Gasteiger partial charge in [-0.1, -0.05) is 35.0 Å². The van der Waals surface area contributed by atoms with E-state index in [1.165, 1.54) is 5.57 Å². The lowest BCUT2D eigenvalue weighted by Crippen LogP contribution is -2.19. The second-order valence-corrected chi connectivity index (χ2v) is 7.66. The third-order valence-electron chi connectivity index (χ3n) is 3.04. The summed E-state index contributed by atoms with van der Waals surface area (Å²) in [6.45, 7) is 14.8. The molecule has 124 valence electrons. The number of halogens is 1. The Labute approximate surface area is 141 Å². The van der Waals surface area contributed by atoms with E-state index in [1.807, 2.05) is 13.8 Å². The molecule has 1 unspecified atom stereocenters. The van der Waals surface area contributed by atoms with Crippen molar-refractivity contribution >= 4 is 27.0 Å². The standard InChI is InChI=1S/C16H29BrO3S/c1-11(2)16(17)13(4)9-14(5)19-10-12(3)8-15(6)20-21(7)18/h12,14-15H,1,8-10H2,2-7H3/b16-13+/t12-,14-,15?,21-/m1/s1. The van der Waals surface area contributed by atoms with E-state index < -0.39 is 11.1 Å². The van der Waals surface area contributed by atoms with E-state index in [4.69, 9.17) is 8.92 Å². The van der Waals surface area contributed by atoms with Gasteiger partial charge in [0.05, 0.1) is 12.2 Å². The molecule has 0 aliphatic rings. The molecule has 0 radical (unpaired) electrons. The third kappa shape index (κ3) is 10.4. The Balaban J connectivity index is 4.13. The Morgan fingerprint density at radius 1 is 1.24 bits per heavy atom. The van der Waals surface area contributed by atoms with Crippen molar-refractivity contribution in [2.75, 3.05) is 12.9 Å². The zero-order chi connectivity index (χ0) is 16.6. The molecule has 0 saturated heterocycles. The van der Waals surface area contributed by atoms with Gasteiger partial charge < -0.3 is 4.74 Å². The van der Waals surface area contributed by atoms with Crippen LogP contribution >= 0.6 is 15.9 Å². The van der Waals surface area contributed by atoms with Gasteiger partial charge in [0.2, 0.25) is 0 Å². The number of rotatable bonds is 10. The number of hydrogen-bond donors (Lipinski definition) is 0. The molecular weight excluding hydrogens is 352 g/mol. The molecule has 0 aromatic rings. The van der Waals surface area contributed by atoms with Gasteiger partial charge in [-0.25, -0.2) is 4.21 Å². The van der Waals surface area contributed by atoms with Crippen molar-refractivity contribution in [1.82, 2.24) is 0 Å². The molecule has 0 rings (SSSR count). The van der Waals surface area contributed by atoms with Crippen molar-refractivity contribution in [2.45, 2.75) is 59.7 Å². The van der Waals surface area contributed by atoms with Crippen LogP contribution in [0.3, 0.4) is 0 Å². The van der Waals surface area contributed by atoms with Crippen LogP contribution in [-0.2, 0) is 20.0 Å². The minimum atomic E-state index is -1.20. The highest BCUT2D eigenvalue weighted by Crippen LogP contribution is 2.23. The molecule has 21 heavy (non-hydrogen) atoms. The Kier molecular flexibility index (Phi) is 10.7. The lowest BCUT2D eigenvalue weighted by Gasteiger charge is -2.20. The van der Waals surface area contributed by atoms with Gasteiger partial charge in [-0.3, -0.25) is 4.18 Å². The maximum absolute atomic E-state index is 11.0. The topological polar surface area (TPSA) is 35.5 Å². The van der Waals surface area contributed by atoms with E-state index in [0.717, 1.165) is 22.9 Å². The summed E-state index contributed by atoms with van der Waals surface area (Å²) in [5.41, 5.74) is 2.28. The van der Waals surface area contributed by atoms with Crippen molar-refractivity contribution in [2.24, 2.45) is 5.92 Å². The first-order chi connectivity index (χ1) is 9.63. The second-order valence-electron chi connectivity index (χ2n) is 5.87. The largest absolute Gasteiger partial charge is 0.378 e. The normalized spacial score (nSPS) is 18.6. The Hall–Kier alpha value is 0.0300. The Morgan fingerprint density at radius 2 is 1.81 bits per heavy atom. The second kappa shape index (κ2) is 10.7. The van der Waals surface area contributed by atoms with Crippen molar-refractivity contribution in [3.05, 3.63) is 22.2 Å². The van der Waals surface area contributed by atoms with Crippen LogP contribution in [0.15, 0.2) is 22.2 Å². The molecule has 5 heteroatoms. The average molecular weight is 381 g/mol. The van der Waals surface area contributed by atoms with Crippen LogP contribution in [0.25, 0.3) is 0 Å². The average Bonchev–Trinajstić information content (AvgIpc) is 2.33. The van der Waals surface area contributed by atoms with Gasteiger partial charge in [-0.05, 0) is 52.0 Å². The quantitative estimate of drug-likeness (QED) is 0.512. The summed E-state index contributed by atoms with van der Waals surface area (Å²) in [6, 6.07) is 0. The van der Waals surface area contributed by atoms with E-state index >= 15 is 0 Å². The molecular formula is C16H29BrO3S. The van der Waals surface area contributed by atoms with Crippen LogP contribution < -0.4 is 0 Å². The molecule has 0 spiro atoms. The summed E-state index contributed by atoms with van der Waals surface area (Å²) in [4.78, 5) is 0. The molecule has 0 amide bonds. The smallest absolute Gasteiger partial charge is 0.152 e. The zero-order valence-corrected chi connectivity index (χ0v) is 16.5. The molecule has 0 N–H and O–H groups in total. The molecule has 0 saturated carbocycles. The minimum Gasteiger partial charge on any atom is -0.378 e. The van der Waals surface area contributed by atoms with Gasteiger partial charge >= 0.3 is 0 Å². The molecule has 0 aliphatic carbocycles. The van der Waals surface area contributed by atoms with Crippen LogP contribution in [0.1, 0.15) is 47.5 Å². The lowest BCUT2D eigenvalue weighted by molar-refractivity contribution is 0.0348. The maximum atomic E-state index is 11.0. The van der Waals surface area contributed by atoms with E-state index in [2.05, 4.69) is 43.3 Å². The fraction of sp³-hybridized carbons (Fsp3) is 0.750. The number of ether oxygens (including phenoxy) is 1. The fourth-order valence-electron chi connectivity index (χ4n) is 2.18. The highest BCUT2D eigenvalue weighted by atomic mass is 79.9. The summed E-state index contributed by atoms with van der Waals surface area (Å²) in [6.07, 6.45) is 3.43. The van der Waals surface area contributed by atoms with Crippen molar-refractivity contribution in [3.8, 4) is 0 Å². The summed E-state index contributed by atoms with van der Waals surface area (Å²) < 4.78 is 23.2. The molecule has 0 aromatic heterocycles. The fourth-order valence-corrected chi connectivity index (χ4v) is 2.88. The molecule has 0 heterocycles. The van der Waals surface area contributed by atoms with Crippen molar-refractivity contribution in [1.29, 1.82) is 0 Å². The van der Waals surface area contributed by atoms with E-state index in [1.54, 1.807) is 6.26 Å². The monoisotopic (exact) mass is 380 g/mol. The summed E-state index contributed by atoms with van der Waals surface area (Å²) >= 11 is 2.35. The van der Waals surface area contributed by atoms with Gasteiger partial charge in [0, 0.05) is 17.3 Å². The molecule has 4 atom stereocenters. The van der Waals surface area contributed by atoms with Crippen molar-refractivity contribution in [3.63, 3.8) is 0 Å². The molecule has 0 bridgehead atoms. The van der Waals surface area contributed by atoms with Gasteiger partial charge in [0.15, 0.2) is 11.1 Å². The SMILES string of the molecule is C=C(C)/C(Br)=C(/C)C[C@@H](C)OC[C@H](C)CC(C)O[S@](C)=O. The van der Waals surface area contributed by atoms with Crippen LogP contribution in [-0.4, -0.2) is 29.3 Å². The first-order valence-corrected chi connectivity index (χ1v) is 9.54. The Morgan fingerprint density at radius 3 is 2.29 bits per heavy atom. The van der Waals surface area contributed by atoms with Gasteiger partial charge in [-0.2, -0.15) is 0 Å². The van der Waals surface area contributed by atoms with Gasteiger partial charge in [-0.15, -0.1) is 0 Å². The summed E-state index contributed by atoms with van der Waals surface area (Å²) in [5, 5.41) is 0. The maximum Gasteiger partial charge on any atom is 0.152 e. The Bertz CT molecular complexity index is 393. The molecule has 0 aromatic carbocycles. The van der Waals surface area contributed by atoms with Crippen LogP contribution in [0.2, 0.25) is 0 Å². The van der Waals surface area contributed by atoms with E-state index in [-0.39, 0.29) is 12.2 Å².